The maximum absolute atomic E-state index is 13.5. The molecule has 0 aromatic heterocycles. The Morgan fingerprint density at radius 2 is 1.37 bits per heavy atom. The fourth-order valence-electron chi connectivity index (χ4n) is 1.72. The van der Waals surface area contributed by atoms with Crippen molar-refractivity contribution >= 4 is 10.8 Å². The van der Waals surface area contributed by atoms with E-state index in [1.807, 2.05) is 0 Å². The molecule has 0 fully saturated rings. The summed E-state index contributed by atoms with van der Waals surface area (Å²) in [6.07, 6.45) is -9.34. The molecule has 0 bridgehead atoms. The second-order valence-electron chi connectivity index (χ2n) is 4.09. The molecule has 0 saturated carbocycles. The van der Waals surface area contributed by atoms with Gasteiger partial charge in [-0.3, -0.25) is 0 Å². The molecule has 0 nitrogen and oxygen atoms in total. The van der Waals surface area contributed by atoms with Gasteiger partial charge in [-0.05, 0) is 22.4 Å². The summed E-state index contributed by atoms with van der Waals surface area (Å²) in [4.78, 5) is 0. The monoisotopic (exact) mass is 278 g/mol. The molecule has 1 unspecified atom stereocenters. The van der Waals surface area contributed by atoms with E-state index in [1.54, 1.807) is 18.2 Å². The second-order valence-corrected chi connectivity index (χ2v) is 4.09. The topological polar surface area (TPSA) is 0 Å². The summed E-state index contributed by atoms with van der Waals surface area (Å²) >= 11 is 0. The molecule has 2 rings (SSSR count). The van der Waals surface area contributed by atoms with Gasteiger partial charge in [-0.1, -0.05) is 36.4 Å². The van der Waals surface area contributed by atoms with Crippen molar-refractivity contribution in [3.8, 4) is 0 Å². The molecule has 1 atom stereocenters. The van der Waals surface area contributed by atoms with E-state index in [9.17, 15) is 26.3 Å². The fraction of sp³-hybridized carbons (Fsp3) is 0.231. The smallest absolute Gasteiger partial charge is 0.235 e. The Morgan fingerprint density at radius 3 is 1.95 bits per heavy atom. The van der Waals surface area contributed by atoms with Crippen LogP contribution in [-0.2, 0) is 0 Å². The maximum Gasteiger partial charge on any atom is 0.456 e. The van der Waals surface area contributed by atoms with E-state index < -0.39 is 23.8 Å². The normalized spacial score (nSPS) is 14.6. The molecular formula is C13H8F6. The summed E-state index contributed by atoms with van der Waals surface area (Å²) in [6, 6.07) is 9.67. The predicted molar refractivity (Wildman–Crippen MR) is 58.8 cm³/mol. The van der Waals surface area contributed by atoms with Crippen molar-refractivity contribution in [2.75, 3.05) is 0 Å². The van der Waals surface area contributed by atoms with Crippen LogP contribution in [0.3, 0.4) is 0 Å². The summed E-state index contributed by atoms with van der Waals surface area (Å²) < 4.78 is 75.6. The molecule has 0 aliphatic heterocycles. The van der Waals surface area contributed by atoms with E-state index >= 15 is 0 Å². The zero-order valence-electron chi connectivity index (χ0n) is 9.39. The third kappa shape index (κ3) is 2.39. The van der Waals surface area contributed by atoms with E-state index in [2.05, 4.69) is 0 Å². The van der Waals surface area contributed by atoms with Crippen molar-refractivity contribution in [2.45, 2.75) is 18.3 Å². The van der Waals surface area contributed by atoms with Crippen molar-refractivity contribution in [3.05, 3.63) is 48.0 Å². The quantitative estimate of drug-likeness (QED) is 0.674. The van der Waals surface area contributed by atoms with Crippen molar-refractivity contribution in [3.63, 3.8) is 0 Å². The molecule has 2 aromatic rings. The van der Waals surface area contributed by atoms with E-state index in [1.165, 1.54) is 12.1 Å². The van der Waals surface area contributed by atoms with Crippen molar-refractivity contribution in [2.24, 2.45) is 0 Å². The zero-order valence-corrected chi connectivity index (χ0v) is 9.39. The summed E-state index contributed by atoms with van der Waals surface area (Å²) in [6.45, 7) is 0. The van der Waals surface area contributed by atoms with E-state index in [0.717, 1.165) is 12.1 Å². The SMILES string of the molecule is FC(c1ccc2ccccc2c1)C(F)(F)C(F)(F)F. The van der Waals surface area contributed by atoms with Crippen LogP contribution >= 0.6 is 0 Å². The Labute approximate surface area is 104 Å². The van der Waals surface area contributed by atoms with E-state index in [-0.39, 0.29) is 0 Å². The zero-order chi connectivity index (χ0) is 14.3. The summed E-state index contributed by atoms with van der Waals surface area (Å²) in [5.41, 5.74) is -0.693. The fourth-order valence-corrected chi connectivity index (χ4v) is 1.72. The Morgan fingerprint density at radius 1 is 0.789 bits per heavy atom. The highest BCUT2D eigenvalue weighted by atomic mass is 19.4. The highest BCUT2D eigenvalue weighted by Crippen LogP contribution is 2.46. The van der Waals surface area contributed by atoms with Gasteiger partial charge >= 0.3 is 12.1 Å². The highest BCUT2D eigenvalue weighted by molar-refractivity contribution is 5.83. The third-order valence-electron chi connectivity index (χ3n) is 2.76. The Balaban J connectivity index is 2.44. The molecular weight excluding hydrogens is 270 g/mol. The Bertz CT molecular complexity index is 587. The van der Waals surface area contributed by atoms with Gasteiger partial charge in [-0.25, -0.2) is 4.39 Å². The van der Waals surface area contributed by atoms with Crippen molar-refractivity contribution in [1.29, 1.82) is 0 Å². The van der Waals surface area contributed by atoms with Gasteiger partial charge < -0.3 is 0 Å². The summed E-state index contributed by atoms with van der Waals surface area (Å²) in [7, 11) is 0. The minimum absolute atomic E-state index is 0.403. The van der Waals surface area contributed by atoms with Crippen LogP contribution in [0.4, 0.5) is 26.3 Å². The van der Waals surface area contributed by atoms with E-state index in [4.69, 9.17) is 0 Å². The molecule has 0 amide bonds. The Kier molecular flexibility index (Phi) is 3.20. The maximum atomic E-state index is 13.5. The number of alkyl halides is 6. The number of fused-ring (bicyclic) bond motifs is 1. The Hall–Kier alpha value is -1.72. The number of benzene rings is 2. The van der Waals surface area contributed by atoms with Gasteiger partial charge in [0.1, 0.15) is 0 Å². The van der Waals surface area contributed by atoms with E-state index in [0.29, 0.717) is 10.8 Å². The molecule has 0 heterocycles. The molecule has 6 heteroatoms. The number of halogens is 6. The summed E-state index contributed by atoms with van der Waals surface area (Å²) in [5.74, 6) is -5.41. The molecule has 2 aromatic carbocycles. The van der Waals surface area contributed by atoms with Crippen molar-refractivity contribution in [1.82, 2.24) is 0 Å². The molecule has 19 heavy (non-hydrogen) atoms. The molecule has 0 aliphatic carbocycles. The molecule has 0 N–H and O–H groups in total. The van der Waals surface area contributed by atoms with Crippen LogP contribution in [0, 0.1) is 0 Å². The third-order valence-corrected chi connectivity index (χ3v) is 2.76. The summed E-state index contributed by atoms with van der Waals surface area (Å²) in [5, 5.41) is 1.04. The average molecular weight is 278 g/mol. The molecule has 0 spiro atoms. The standard InChI is InChI=1S/C13H8F6/c14-11(12(15,16)13(17,18)19)10-6-5-8-3-1-2-4-9(8)7-10/h1-7,11H. The number of hydrogen-bond donors (Lipinski definition) is 0. The first-order valence-corrected chi connectivity index (χ1v) is 5.31. The first kappa shape index (κ1) is 13.7. The van der Waals surface area contributed by atoms with Crippen LogP contribution in [0.25, 0.3) is 10.8 Å². The lowest BCUT2D eigenvalue weighted by Gasteiger charge is -2.23. The average Bonchev–Trinajstić information content (AvgIpc) is 2.36. The lowest BCUT2D eigenvalue weighted by atomic mass is 10.0. The number of hydrogen-bond acceptors (Lipinski definition) is 0. The van der Waals surface area contributed by atoms with Crippen LogP contribution in [0.1, 0.15) is 11.7 Å². The minimum atomic E-state index is -5.92. The number of rotatable bonds is 2. The van der Waals surface area contributed by atoms with Crippen LogP contribution in [0.5, 0.6) is 0 Å². The lowest BCUT2D eigenvalue weighted by molar-refractivity contribution is -0.305. The van der Waals surface area contributed by atoms with Gasteiger partial charge in [0.25, 0.3) is 0 Å². The van der Waals surface area contributed by atoms with Gasteiger partial charge in [0.05, 0.1) is 0 Å². The largest absolute Gasteiger partial charge is 0.456 e. The lowest BCUT2D eigenvalue weighted by Crippen LogP contribution is -2.40. The van der Waals surface area contributed by atoms with Gasteiger partial charge in [0, 0.05) is 0 Å². The van der Waals surface area contributed by atoms with Gasteiger partial charge in [-0.2, -0.15) is 22.0 Å². The van der Waals surface area contributed by atoms with Gasteiger partial charge in [-0.15, -0.1) is 0 Å². The van der Waals surface area contributed by atoms with Crippen LogP contribution < -0.4 is 0 Å². The van der Waals surface area contributed by atoms with Crippen LogP contribution in [0.15, 0.2) is 42.5 Å². The molecule has 0 radical (unpaired) electrons. The predicted octanol–water partition coefficient (Wildman–Crippen LogP) is 5.05. The van der Waals surface area contributed by atoms with Gasteiger partial charge in [0.2, 0.25) is 0 Å². The molecule has 102 valence electrons. The van der Waals surface area contributed by atoms with Gasteiger partial charge in [0.15, 0.2) is 6.17 Å². The van der Waals surface area contributed by atoms with Crippen molar-refractivity contribution < 1.29 is 26.3 Å². The first-order chi connectivity index (χ1) is 8.73. The second kappa shape index (κ2) is 4.43. The minimum Gasteiger partial charge on any atom is -0.235 e. The van der Waals surface area contributed by atoms with Crippen LogP contribution in [0.2, 0.25) is 0 Å². The molecule has 0 aliphatic rings. The molecule has 0 saturated heterocycles. The van der Waals surface area contributed by atoms with Crippen LogP contribution in [-0.4, -0.2) is 12.1 Å². The first-order valence-electron chi connectivity index (χ1n) is 5.31. The highest BCUT2D eigenvalue weighted by Gasteiger charge is 2.63.